The van der Waals surface area contributed by atoms with Crippen molar-refractivity contribution in [2.75, 3.05) is 13.2 Å². The normalized spacial score (nSPS) is 20.5. The summed E-state index contributed by atoms with van der Waals surface area (Å²) < 4.78 is 5.30. The summed E-state index contributed by atoms with van der Waals surface area (Å²) in [7, 11) is 0. The van der Waals surface area contributed by atoms with Crippen LogP contribution in [0.1, 0.15) is 46.0 Å². The van der Waals surface area contributed by atoms with Crippen molar-refractivity contribution in [1.82, 2.24) is 0 Å². The van der Waals surface area contributed by atoms with Gasteiger partial charge in [0.1, 0.15) is 0 Å². The van der Waals surface area contributed by atoms with Crippen molar-refractivity contribution in [1.29, 1.82) is 0 Å². The summed E-state index contributed by atoms with van der Waals surface area (Å²) in [6.45, 7) is 5.91. The van der Waals surface area contributed by atoms with E-state index in [2.05, 4.69) is 13.8 Å². The fourth-order valence-corrected chi connectivity index (χ4v) is 2.03. The zero-order valence-electron chi connectivity index (χ0n) is 8.88. The summed E-state index contributed by atoms with van der Waals surface area (Å²) in [4.78, 5) is 0. The zero-order chi connectivity index (χ0) is 9.73. The third-order valence-corrected chi connectivity index (χ3v) is 3.33. The van der Waals surface area contributed by atoms with Gasteiger partial charge < -0.3 is 9.84 Å². The highest BCUT2D eigenvalue weighted by atomic mass is 16.5. The van der Waals surface area contributed by atoms with Crippen LogP contribution < -0.4 is 0 Å². The summed E-state index contributed by atoms with van der Waals surface area (Å²) in [6.07, 6.45) is 4.97. The molecule has 0 aromatic rings. The lowest BCUT2D eigenvalue weighted by atomic mass is 9.83. The molecular formula is C11H22O2. The third kappa shape index (κ3) is 3.28. The summed E-state index contributed by atoms with van der Waals surface area (Å²) in [5, 5.41) is 10.1. The topological polar surface area (TPSA) is 29.5 Å². The van der Waals surface area contributed by atoms with Gasteiger partial charge in [-0.05, 0) is 38.0 Å². The predicted molar refractivity (Wildman–Crippen MR) is 53.7 cm³/mol. The van der Waals surface area contributed by atoms with Gasteiger partial charge in [-0.15, -0.1) is 0 Å². The standard InChI is InChI=1S/C11H22O2/c1-3-11(12,4-2)9-10-5-7-13-8-6-10/h10,12H,3-9H2,1-2H3. The minimum Gasteiger partial charge on any atom is -0.390 e. The van der Waals surface area contributed by atoms with E-state index in [1.165, 1.54) is 0 Å². The van der Waals surface area contributed by atoms with Gasteiger partial charge in [-0.25, -0.2) is 0 Å². The summed E-state index contributed by atoms with van der Waals surface area (Å²) in [5.41, 5.74) is -0.415. The Morgan fingerprint density at radius 2 is 1.77 bits per heavy atom. The Kier molecular flexibility index (Phi) is 4.20. The largest absolute Gasteiger partial charge is 0.390 e. The van der Waals surface area contributed by atoms with Gasteiger partial charge in [0, 0.05) is 13.2 Å². The van der Waals surface area contributed by atoms with Crippen LogP contribution in [0.3, 0.4) is 0 Å². The van der Waals surface area contributed by atoms with Crippen molar-refractivity contribution in [3.63, 3.8) is 0 Å². The first-order valence-electron chi connectivity index (χ1n) is 5.50. The lowest BCUT2D eigenvalue weighted by molar-refractivity contribution is -0.0170. The number of hydrogen-bond acceptors (Lipinski definition) is 2. The maximum Gasteiger partial charge on any atom is 0.0645 e. The molecule has 2 heteroatoms. The number of ether oxygens (including phenoxy) is 1. The first-order valence-corrected chi connectivity index (χ1v) is 5.50. The average Bonchev–Trinajstić information content (AvgIpc) is 2.19. The summed E-state index contributed by atoms with van der Waals surface area (Å²) in [6, 6.07) is 0. The molecule has 0 aromatic carbocycles. The van der Waals surface area contributed by atoms with Crippen LogP contribution in [0.4, 0.5) is 0 Å². The van der Waals surface area contributed by atoms with Crippen LogP contribution in [0.25, 0.3) is 0 Å². The van der Waals surface area contributed by atoms with Crippen LogP contribution in [0.15, 0.2) is 0 Å². The molecule has 0 bridgehead atoms. The first-order chi connectivity index (χ1) is 6.20. The quantitative estimate of drug-likeness (QED) is 0.730. The average molecular weight is 186 g/mol. The van der Waals surface area contributed by atoms with Crippen LogP contribution in [0.2, 0.25) is 0 Å². The highest BCUT2D eigenvalue weighted by molar-refractivity contribution is 4.79. The molecular weight excluding hydrogens is 164 g/mol. The number of rotatable bonds is 4. The highest BCUT2D eigenvalue weighted by Gasteiger charge is 2.27. The van der Waals surface area contributed by atoms with Crippen LogP contribution in [-0.4, -0.2) is 23.9 Å². The van der Waals surface area contributed by atoms with Crippen molar-refractivity contribution >= 4 is 0 Å². The van der Waals surface area contributed by atoms with E-state index >= 15 is 0 Å². The van der Waals surface area contributed by atoms with Crippen molar-refractivity contribution in [2.45, 2.75) is 51.6 Å². The van der Waals surface area contributed by atoms with Gasteiger partial charge in [-0.2, -0.15) is 0 Å². The van der Waals surface area contributed by atoms with Gasteiger partial charge in [0.2, 0.25) is 0 Å². The van der Waals surface area contributed by atoms with Crippen LogP contribution in [0, 0.1) is 5.92 Å². The second-order valence-electron chi connectivity index (χ2n) is 4.19. The van der Waals surface area contributed by atoms with Crippen molar-refractivity contribution in [3.8, 4) is 0 Å². The Balaban J connectivity index is 2.35. The fraction of sp³-hybridized carbons (Fsp3) is 1.00. The minimum absolute atomic E-state index is 0.415. The zero-order valence-corrected chi connectivity index (χ0v) is 8.88. The summed E-state index contributed by atoms with van der Waals surface area (Å²) in [5.74, 6) is 0.679. The van der Waals surface area contributed by atoms with Gasteiger partial charge in [-0.3, -0.25) is 0 Å². The molecule has 0 amide bonds. The molecule has 78 valence electrons. The van der Waals surface area contributed by atoms with E-state index in [1.54, 1.807) is 0 Å². The number of aliphatic hydroxyl groups is 1. The monoisotopic (exact) mass is 186 g/mol. The van der Waals surface area contributed by atoms with Crippen molar-refractivity contribution in [2.24, 2.45) is 5.92 Å². The SMILES string of the molecule is CCC(O)(CC)CC1CCOCC1. The molecule has 1 aliphatic heterocycles. The Morgan fingerprint density at radius 3 is 2.23 bits per heavy atom. The molecule has 0 aromatic heterocycles. The molecule has 13 heavy (non-hydrogen) atoms. The van der Waals surface area contributed by atoms with Crippen LogP contribution in [-0.2, 0) is 4.74 Å². The van der Waals surface area contributed by atoms with E-state index in [0.29, 0.717) is 5.92 Å². The molecule has 1 fully saturated rings. The molecule has 0 unspecified atom stereocenters. The Morgan fingerprint density at radius 1 is 1.23 bits per heavy atom. The second kappa shape index (κ2) is 4.97. The molecule has 0 spiro atoms. The van der Waals surface area contributed by atoms with Gasteiger partial charge in [0.25, 0.3) is 0 Å². The molecule has 0 radical (unpaired) electrons. The molecule has 0 aliphatic carbocycles. The highest BCUT2D eigenvalue weighted by Crippen LogP contribution is 2.29. The Bertz CT molecular complexity index is 135. The van der Waals surface area contributed by atoms with Gasteiger partial charge >= 0.3 is 0 Å². The molecule has 2 nitrogen and oxygen atoms in total. The van der Waals surface area contributed by atoms with Crippen molar-refractivity contribution < 1.29 is 9.84 Å². The maximum atomic E-state index is 10.1. The van der Waals surface area contributed by atoms with Crippen LogP contribution >= 0.6 is 0 Å². The van der Waals surface area contributed by atoms with Crippen molar-refractivity contribution in [3.05, 3.63) is 0 Å². The van der Waals surface area contributed by atoms with Gasteiger partial charge in [0.15, 0.2) is 0 Å². The molecule has 1 N–H and O–H groups in total. The minimum atomic E-state index is -0.415. The lowest BCUT2D eigenvalue weighted by Crippen LogP contribution is -2.32. The Labute approximate surface area is 81.3 Å². The smallest absolute Gasteiger partial charge is 0.0645 e. The van der Waals surface area contributed by atoms with Crippen LogP contribution in [0.5, 0.6) is 0 Å². The number of hydrogen-bond donors (Lipinski definition) is 1. The van der Waals surface area contributed by atoms with Gasteiger partial charge in [0.05, 0.1) is 5.60 Å². The van der Waals surface area contributed by atoms with E-state index in [1.807, 2.05) is 0 Å². The van der Waals surface area contributed by atoms with Gasteiger partial charge in [-0.1, -0.05) is 13.8 Å². The molecule has 1 rings (SSSR count). The molecule has 1 saturated heterocycles. The predicted octanol–water partition coefficient (Wildman–Crippen LogP) is 2.35. The van der Waals surface area contributed by atoms with E-state index in [9.17, 15) is 5.11 Å². The maximum absolute atomic E-state index is 10.1. The molecule has 0 saturated carbocycles. The lowest BCUT2D eigenvalue weighted by Gasteiger charge is -2.32. The summed E-state index contributed by atoms with van der Waals surface area (Å²) >= 11 is 0. The molecule has 1 heterocycles. The van der Waals surface area contributed by atoms with E-state index in [4.69, 9.17) is 4.74 Å². The first kappa shape index (κ1) is 11.0. The Hall–Kier alpha value is -0.0800. The fourth-order valence-electron chi connectivity index (χ4n) is 2.03. The van der Waals surface area contributed by atoms with E-state index in [-0.39, 0.29) is 0 Å². The van der Waals surface area contributed by atoms with E-state index < -0.39 is 5.60 Å². The van der Waals surface area contributed by atoms with E-state index in [0.717, 1.165) is 45.3 Å². The second-order valence-corrected chi connectivity index (χ2v) is 4.19. The third-order valence-electron chi connectivity index (χ3n) is 3.33. The molecule has 1 aliphatic rings. The molecule has 0 atom stereocenters.